The maximum Gasteiger partial charge on any atom is 0.0440 e. The predicted octanol–water partition coefficient (Wildman–Crippen LogP) is 8.15. The molecule has 0 unspecified atom stereocenters. The van der Waals surface area contributed by atoms with Gasteiger partial charge in [-0.2, -0.15) is 0 Å². The topological polar surface area (TPSA) is 0 Å². The summed E-state index contributed by atoms with van der Waals surface area (Å²) in [5.74, 6) is 0. The van der Waals surface area contributed by atoms with E-state index in [9.17, 15) is 0 Å². The predicted molar refractivity (Wildman–Crippen MR) is 106 cm³/mol. The van der Waals surface area contributed by atoms with Crippen molar-refractivity contribution in [2.24, 2.45) is 0 Å². The Morgan fingerprint density at radius 3 is 1.78 bits per heavy atom. The zero-order valence-electron chi connectivity index (χ0n) is 15.5. The van der Waals surface area contributed by atoms with Crippen LogP contribution in [0.4, 0.5) is 0 Å². The van der Waals surface area contributed by atoms with Crippen molar-refractivity contribution < 1.29 is 0 Å². The normalized spacial score (nSPS) is 11.1. The molecule has 0 atom stereocenters. The Kier molecular flexibility index (Phi) is 12.4. The van der Waals surface area contributed by atoms with Gasteiger partial charge in [0.15, 0.2) is 0 Å². The molecule has 0 fully saturated rings. The summed E-state index contributed by atoms with van der Waals surface area (Å²) in [6.07, 6.45) is 18.7. The number of aryl methyl sites for hydroxylation is 1. The van der Waals surface area contributed by atoms with Crippen molar-refractivity contribution in [2.45, 2.75) is 104 Å². The largest absolute Gasteiger partial charge is 0.0840 e. The maximum absolute atomic E-state index is 6.47. The van der Waals surface area contributed by atoms with Crippen molar-refractivity contribution in [3.05, 3.63) is 34.3 Å². The van der Waals surface area contributed by atoms with Gasteiger partial charge in [0.1, 0.15) is 0 Å². The Bertz CT molecular complexity index is 397. The minimum absolute atomic E-state index is 0.988. The Hall–Kier alpha value is -0.490. The minimum Gasteiger partial charge on any atom is -0.0840 e. The quantitative estimate of drug-likeness (QED) is 0.301. The second kappa shape index (κ2) is 13.9. The van der Waals surface area contributed by atoms with E-state index in [4.69, 9.17) is 11.6 Å². The van der Waals surface area contributed by atoms with E-state index in [1.54, 1.807) is 0 Å². The van der Waals surface area contributed by atoms with E-state index in [-0.39, 0.29) is 0 Å². The van der Waals surface area contributed by atoms with Gasteiger partial charge >= 0.3 is 0 Å². The average molecular weight is 337 g/mol. The van der Waals surface area contributed by atoms with E-state index in [0.29, 0.717) is 0 Å². The highest BCUT2D eigenvalue weighted by Crippen LogP contribution is 2.24. The van der Waals surface area contributed by atoms with Gasteiger partial charge in [-0.1, -0.05) is 102 Å². The van der Waals surface area contributed by atoms with Gasteiger partial charge < -0.3 is 0 Å². The van der Waals surface area contributed by atoms with Crippen molar-refractivity contribution in [1.82, 2.24) is 0 Å². The lowest BCUT2D eigenvalue weighted by atomic mass is 9.96. The van der Waals surface area contributed by atoms with Crippen LogP contribution in [0.5, 0.6) is 0 Å². The van der Waals surface area contributed by atoms with Crippen molar-refractivity contribution in [3.8, 4) is 0 Å². The highest BCUT2D eigenvalue weighted by Gasteiger charge is 2.07. The Balaban J connectivity index is 2.33. The fraction of sp³-hybridized carbons (Fsp3) is 0.727. The third-order valence-electron chi connectivity index (χ3n) is 4.80. The summed E-state index contributed by atoms with van der Waals surface area (Å²) in [5, 5.41) is 0.988. The molecule has 0 radical (unpaired) electrons. The lowest BCUT2D eigenvalue weighted by Gasteiger charge is -2.12. The van der Waals surface area contributed by atoms with Crippen molar-refractivity contribution in [2.75, 3.05) is 0 Å². The van der Waals surface area contributed by atoms with Gasteiger partial charge in [0, 0.05) is 5.02 Å². The van der Waals surface area contributed by atoms with E-state index in [0.717, 1.165) is 11.4 Å². The summed E-state index contributed by atoms with van der Waals surface area (Å²) in [6, 6.07) is 6.49. The summed E-state index contributed by atoms with van der Waals surface area (Å²) in [4.78, 5) is 0. The molecule has 1 aromatic rings. The molecular formula is C22H37Cl. The molecule has 0 aliphatic rings. The lowest BCUT2D eigenvalue weighted by molar-refractivity contribution is 0.599. The second-order valence-corrected chi connectivity index (χ2v) is 7.32. The summed E-state index contributed by atoms with van der Waals surface area (Å²) >= 11 is 6.47. The molecule has 0 spiro atoms. The first-order valence-electron chi connectivity index (χ1n) is 10.1. The number of unbranched alkanes of at least 4 members (excludes halogenated alkanes) is 10. The molecule has 0 heterocycles. The molecule has 1 rings (SSSR count). The summed E-state index contributed by atoms with van der Waals surface area (Å²) in [7, 11) is 0. The number of benzene rings is 1. The van der Waals surface area contributed by atoms with Gasteiger partial charge in [0.2, 0.25) is 0 Å². The zero-order valence-corrected chi connectivity index (χ0v) is 16.3. The number of halogens is 1. The summed E-state index contributed by atoms with van der Waals surface area (Å²) in [6.45, 7) is 4.55. The molecule has 0 saturated carbocycles. The zero-order chi connectivity index (χ0) is 16.8. The van der Waals surface area contributed by atoms with Gasteiger partial charge in [-0.3, -0.25) is 0 Å². The average Bonchev–Trinajstić information content (AvgIpc) is 2.56. The van der Waals surface area contributed by atoms with Gasteiger partial charge in [-0.25, -0.2) is 0 Å². The van der Waals surface area contributed by atoms with Crippen LogP contribution in [0.2, 0.25) is 5.02 Å². The van der Waals surface area contributed by atoms with Gasteiger partial charge in [0.25, 0.3) is 0 Å². The standard InChI is InChI=1S/C22H37Cl/c1-3-5-7-9-11-13-16-20-17-15-19-22(23)21(20)18-14-12-10-8-6-4-2/h15,17,19H,3-14,16,18H2,1-2H3. The molecule has 1 aromatic carbocycles. The van der Waals surface area contributed by atoms with Gasteiger partial charge in [-0.15, -0.1) is 0 Å². The molecule has 0 saturated heterocycles. The second-order valence-electron chi connectivity index (χ2n) is 6.91. The van der Waals surface area contributed by atoms with Crippen molar-refractivity contribution in [1.29, 1.82) is 0 Å². The molecule has 0 amide bonds. The van der Waals surface area contributed by atoms with Crippen LogP contribution in [0.3, 0.4) is 0 Å². The number of hydrogen-bond donors (Lipinski definition) is 0. The minimum atomic E-state index is 0.988. The third-order valence-corrected chi connectivity index (χ3v) is 5.15. The summed E-state index contributed by atoms with van der Waals surface area (Å²) in [5.41, 5.74) is 2.93. The number of hydrogen-bond acceptors (Lipinski definition) is 0. The molecule has 0 aliphatic carbocycles. The van der Waals surface area contributed by atoms with E-state index in [1.165, 1.54) is 94.6 Å². The van der Waals surface area contributed by atoms with E-state index < -0.39 is 0 Å². The molecule has 0 aromatic heterocycles. The Morgan fingerprint density at radius 2 is 1.17 bits per heavy atom. The van der Waals surface area contributed by atoms with E-state index in [2.05, 4.69) is 32.0 Å². The molecule has 132 valence electrons. The molecule has 0 nitrogen and oxygen atoms in total. The highest BCUT2D eigenvalue weighted by atomic mass is 35.5. The maximum atomic E-state index is 6.47. The van der Waals surface area contributed by atoms with Crippen molar-refractivity contribution >= 4 is 11.6 Å². The first kappa shape index (κ1) is 20.6. The van der Waals surface area contributed by atoms with E-state index >= 15 is 0 Å². The third kappa shape index (κ3) is 9.40. The summed E-state index contributed by atoms with van der Waals surface area (Å²) < 4.78 is 0. The Labute approximate surface area is 150 Å². The fourth-order valence-corrected chi connectivity index (χ4v) is 3.58. The first-order valence-corrected chi connectivity index (χ1v) is 10.4. The molecular weight excluding hydrogens is 300 g/mol. The van der Waals surface area contributed by atoms with Crippen LogP contribution in [0, 0.1) is 0 Å². The molecule has 0 aliphatic heterocycles. The van der Waals surface area contributed by atoms with Crippen LogP contribution in [0.1, 0.15) is 102 Å². The van der Waals surface area contributed by atoms with Gasteiger partial charge in [0.05, 0.1) is 0 Å². The van der Waals surface area contributed by atoms with Crippen LogP contribution in [0.25, 0.3) is 0 Å². The first-order chi connectivity index (χ1) is 11.3. The Morgan fingerprint density at radius 1 is 0.652 bits per heavy atom. The fourth-order valence-electron chi connectivity index (χ4n) is 3.30. The van der Waals surface area contributed by atoms with Crippen molar-refractivity contribution in [3.63, 3.8) is 0 Å². The molecule has 1 heteroatoms. The van der Waals surface area contributed by atoms with Gasteiger partial charge in [-0.05, 0) is 42.9 Å². The lowest BCUT2D eigenvalue weighted by Crippen LogP contribution is -1.97. The van der Waals surface area contributed by atoms with Crippen LogP contribution in [0.15, 0.2) is 18.2 Å². The molecule has 23 heavy (non-hydrogen) atoms. The molecule has 0 bridgehead atoms. The van der Waals surface area contributed by atoms with E-state index in [1.807, 2.05) is 0 Å². The highest BCUT2D eigenvalue weighted by molar-refractivity contribution is 6.31. The van der Waals surface area contributed by atoms with Crippen LogP contribution in [-0.2, 0) is 12.8 Å². The SMILES string of the molecule is CCCCCCCCc1cccc(Cl)c1CCCCCCCC. The molecule has 0 N–H and O–H groups in total. The smallest absolute Gasteiger partial charge is 0.0440 e. The van der Waals surface area contributed by atoms with Crippen LogP contribution in [-0.4, -0.2) is 0 Å². The van der Waals surface area contributed by atoms with Crippen LogP contribution >= 0.6 is 11.6 Å². The number of rotatable bonds is 14. The van der Waals surface area contributed by atoms with Crippen LogP contribution < -0.4 is 0 Å². The monoisotopic (exact) mass is 336 g/mol.